The van der Waals surface area contributed by atoms with Crippen molar-refractivity contribution in [1.82, 2.24) is 4.98 Å². The molecule has 1 aliphatic heterocycles. The summed E-state index contributed by atoms with van der Waals surface area (Å²) in [7, 11) is 0. The number of fused-ring (bicyclic) bond motifs is 3. The summed E-state index contributed by atoms with van der Waals surface area (Å²) in [6.07, 6.45) is 3.23. The Labute approximate surface area is 97.7 Å². The van der Waals surface area contributed by atoms with Crippen LogP contribution in [-0.4, -0.2) is 9.57 Å². The molecule has 0 radical (unpaired) electrons. The minimum Gasteiger partial charge on any atom is -0.255 e. The first-order valence-corrected chi connectivity index (χ1v) is 6.85. The van der Waals surface area contributed by atoms with Crippen molar-refractivity contribution < 1.29 is 0 Å². The van der Waals surface area contributed by atoms with Gasteiger partial charge in [0.05, 0.1) is 10.1 Å². The van der Waals surface area contributed by atoms with Gasteiger partial charge in [0.25, 0.3) is 0 Å². The Kier molecular flexibility index (Phi) is 2.37. The molecule has 2 heterocycles. The molecule has 15 heavy (non-hydrogen) atoms. The lowest BCUT2D eigenvalue weighted by molar-refractivity contribution is 1.06. The van der Waals surface area contributed by atoms with Crippen molar-refractivity contribution in [2.75, 3.05) is 0 Å². The first-order valence-electron chi connectivity index (χ1n) is 5.09. The van der Waals surface area contributed by atoms with Gasteiger partial charge in [-0.1, -0.05) is 25.1 Å². The smallest absolute Gasteiger partial charge is 0.0714 e. The van der Waals surface area contributed by atoms with Crippen molar-refractivity contribution in [3.8, 4) is 0 Å². The number of aromatic nitrogens is 1. The van der Waals surface area contributed by atoms with Gasteiger partial charge in [-0.15, -0.1) is 23.5 Å². The number of benzene rings is 1. The highest BCUT2D eigenvalue weighted by atomic mass is 32.2. The molecule has 3 rings (SSSR count). The lowest BCUT2D eigenvalue weighted by Crippen LogP contribution is -1.84. The van der Waals surface area contributed by atoms with Gasteiger partial charge in [0, 0.05) is 21.4 Å². The Bertz CT molecular complexity index is 510. The minimum atomic E-state index is 0.674. The third-order valence-electron chi connectivity index (χ3n) is 2.53. The highest BCUT2D eigenvalue weighted by Gasteiger charge is 2.23. The number of thioether (sulfide) groups is 2. The van der Waals surface area contributed by atoms with Crippen molar-refractivity contribution >= 4 is 34.4 Å². The third-order valence-corrected chi connectivity index (χ3v) is 5.67. The van der Waals surface area contributed by atoms with E-state index in [9.17, 15) is 0 Å². The number of pyridine rings is 1. The fraction of sp³-hybridized carbons (Fsp3) is 0.250. The van der Waals surface area contributed by atoms with Crippen molar-refractivity contribution in [2.24, 2.45) is 0 Å². The van der Waals surface area contributed by atoms with E-state index >= 15 is 0 Å². The third kappa shape index (κ3) is 1.54. The number of para-hydroxylation sites is 1. The number of rotatable bonds is 1. The van der Waals surface area contributed by atoms with Crippen LogP contribution in [0.4, 0.5) is 0 Å². The summed E-state index contributed by atoms with van der Waals surface area (Å²) in [5.41, 5.74) is 1.11. The summed E-state index contributed by atoms with van der Waals surface area (Å²) in [6.45, 7) is 2.24. The minimum absolute atomic E-state index is 0.674. The van der Waals surface area contributed by atoms with Gasteiger partial charge in [-0.3, -0.25) is 4.98 Å². The quantitative estimate of drug-likeness (QED) is 0.733. The average molecular weight is 233 g/mol. The van der Waals surface area contributed by atoms with Gasteiger partial charge in [-0.2, -0.15) is 0 Å². The van der Waals surface area contributed by atoms with Crippen LogP contribution in [0, 0.1) is 0 Å². The van der Waals surface area contributed by atoms with Crippen LogP contribution in [0.5, 0.6) is 0 Å². The Balaban J connectivity index is 2.20. The van der Waals surface area contributed by atoms with Crippen molar-refractivity contribution in [3.05, 3.63) is 30.5 Å². The molecule has 3 heteroatoms. The van der Waals surface area contributed by atoms with Gasteiger partial charge in [0.2, 0.25) is 0 Å². The molecular formula is C12H11NS2. The van der Waals surface area contributed by atoms with Crippen LogP contribution in [0.2, 0.25) is 0 Å². The molecule has 0 spiro atoms. The van der Waals surface area contributed by atoms with Crippen LogP contribution in [0.3, 0.4) is 0 Å². The lowest BCUT2D eigenvalue weighted by Gasteiger charge is -2.02. The van der Waals surface area contributed by atoms with E-state index in [2.05, 4.69) is 30.1 Å². The molecule has 0 N–H and O–H groups in total. The highest BCUT2D eigenvalue weighted by molar-refractivity contribution is 8.19. The molecule has 1 atom stereocenters. The van der Waals surface area contributed by atoms with Gasteiger partial charge in [-0.25, -0.2) is 0 Å². The molecule has 1 unspecified atom stereocenters. The molecule has 0 saturated carbocycles. The SMILES string of the molecule is CCC1Sc2cnc3ccccc3c2S1. The lowest BCUT2D eigenvalue weighted by atomic mass is 10.2. The molecule has 1 aromatic carbocycles. The van der Waals surface area contributed by atoms with E-state index in [0.29, 0.717) is 4.58 Å². The first-order chi connectivity index (χ1) is 7.38. The van der Waals surface area contributed by atoms with Crippen molar-refractivity contribution in [1.29, 1.82) is 0 Å². The van der Waals surface area contributed by atoms with Gasteiger partial charge in [0.1, 0.15) is 0 Å². The molecule has 0 saturated heterocycles. The molecule has 1 nitrogen and oxygen atoms in total. The number of nitrogens with zero attached hydrogens (tertiary/aromatic N) is 1. The second-order valence-electron chi connectivity index (χ2n) is 3.54. The Hall–Kier alpha value is -0.670. The second kappa shape index (κ2) is 3.72. The summed E-state index contributed by atoms with van der Waals surface area (Å²) < 4.78 is 0.674. The van der Waals surface area contributed by atoms with E-state index in [0.717, 1.165) is 5.52 Å². The van der Waals surface area contributed by atoms with Crippen LogP contribution >= 0.6 is 23.5 Å². The summed E-state index contributed by atoms with van der Waals surface area (Å²) >= 11 is 3.94. The maximum absolute atomic E-state index is 4.49. The molecule has 76 valence electrons. The molecule has 0 bridgehead atoms. The number of hydrogen-bond donors (Lipinski definition) is 0. The zero-order valence-electron chi connectivity index (χ0n) is 8.43. The fourth-order valence-corrected chi connectivity index (χ4v) is 4.53. The largest absolute Gasteiger partial charge is 0.255 e. The summed E-state index contributed by atoms with van der Waals surface area (Å²) in [5, 5.41) is 1.31. The van der Waals surface area contributed by atoms with Gasteiger partial charge >= 0.3 is 0 Å². The fourth-order valence-electron chi connectivity index (χ4n) is 1.77. The van der Waals surface area contributed by atoms with Crippen LogP contribution in [0.25, 0.3) is 10.9 Å². The maximum Gasteiger partial charge on any atom is 0.0714 e. The standard InChI is InChI=1S/C12H11NS2/c1-2-11-14-10-7-13-9-6-4-3-5-8(9)12(10)15-11/h3-7,11H,2H2,1H3. The van der Waals surface area contributed by atoms with Crippen molar-refractivity contribution in [3.63, 3.8) is 0 Å². The molecule has 0 fully saturated rings. The Morgan fingerprint density at radius 3 is 3.00 bits per heavy atom. The summed E-state index contributed by atoms with van der Waals surface area (Å²) in [4.78, 5) is 7.27. The topological polar surface area (TPSA) is 12.9 Å². The van der Waals surface area contributed by atoms with E-state index in [1.54, 1.807) is 0 Å². The maximum atomic E-state index is 4.49. The predicted octanol–water partition coefficient (Wildman–Crippen LogP) is 4.17. The highest BCUT2D eigenvalue weighted by Crippen LogP contribution is 2.51. The Morgan fingerprint density at radius 1 is 1.27 bits per heavy atom. The summed E-state index contributed by atoms with van der Waals surface area (Å²) in [6, 6.07) is 8.40. The van der Waals surface area contributed by atoms with Crippen LogP contribution in [0.1, 0.15) is 13.3 Å². The normalized spacial score (nSPS) is 19.4. The van der Waals surface area contributed by atoms with Crippen LogP contribution < -0.4 is 0 Å². The molecule has 1 aliphatic rings. The van der Waals surface area contributed by atoms with Crippen LogP contribution in [-0.2, 0) is 0 Å². The van der Waals surface area contributed by atoms with Gasteiger partial charge in [-0.05, 0) is 12.5 Å². The average Bonchev–Trinajstić information content (AvgIpc) is 2.72. The van der Waals surface area contributed by atoms with Crippen molar-refractivity contribution in [2.45, 2.75) is 27.7 Å². The monoisotopic (exact) mass is 233 g/mol. The van der Waals surface area contributed by atoms with E-state index in [1.165, 1.54) is 21.6 Å². The van der Waals surface area contributed by atoms with E-state index < -0.39 is 0 Å². The second-order valence-corrected chi connectivity index (χ2v) is 6.30. The molecule has 0 aliphatic carbocycles. The molecule has 2 aromatic rings. The van der Waals surface area contributed by atoms with E-state index in [4.69, 9.17) is 0 Å². The zero-order chi connectivity index (χ0) is 10.3. The number of hydrogen-bond acceptors (Lipinski definition) is 3. The van der Waals surface area contributed by atoms with E-state index in [1.807, 2.05) is 35.8 Å². The van der Waals surface area contributed by atoms with E-state index in [-0.39, 0.29) is 0 Å². The summed E-state index contributed by atoms with van der Waals surface area (Å²) in [5.74, 6) is 0. The molecule has 0 amide bonds. The first kappa shape index (κ1) is 9.55. The zero-order valence-corrected chi connectivity index (χ0v) is 10.1. The molecular weight excluding hydrogens is 222 g/mol. The van der Waals surface area contributed by atoms with Gasteiger partial charge < -0.3 is 0 Å². The van der Waals surface area contributed by atoms with Crippen LogP contribution in [0.15, 0.2) is 40.3 Å². The van der Waals surface area contributed by atoms with Gasteiger partial charge in [0.15, 0.2) is 0 Å². The molecule has 1 aromatic heterocycles. The Morgan fingerprint density at radius 2 is 2.13 bits per heavy atom. The predicted molar refractivity (Wildman–Crippen MR) is 67.5 cm³/mol.